The van der Waals surface area contributed by atoms with Crippen molar-refractivity contribution in [3.05, 3.63) is 18.2 Å². The largest absolute Gasteiger partial charge is 0.481 e. The normalized spacial score (nSPS) is 23.9. The molecular weight excluding hydrogens is 258 g/mol. The van der Waals surface area contributed by atoms with Crippen LogP contribution in [0.25, 0.3) is 0 Å². The highest BCUT2D eigenvalue weighted by atomic mass is 16.5. The number of rotatable bonds is 7. The molecule has 6 nitrogen and oxygen atoms in total. The standard InChI is InChI=1S/C14H23N3O3/c1-20-9-3-5-14(13(18)19)4-2-8-17(11-14)10-12-15-6-7-16-12/h6-7H,2-5,8-11H2,1H3,(H,15,16)(H,18,19)/t14-/m1/s1. The zero-order valence-corrected chi connectivity index (χ0v) is 12.0. The topological polar surface area (TPSA) is 78.5 Å². The summed E-state index contributed by atoms with van der Waals surface area (Å²) in [6, 6.07) is 0. The molecule has 1 saturated heterocycles. The fourth-order valence-corrected chi connectivity index (χ4v) is 3.00. The summed E-state index contributed by atoms with van der Waals surface area (Å²) in [5.74, 6) is 0.209. The van der Waals surface area contributed by atoms with Crippen LogP contribution in [0, 0.1) is 5.41 Å². The van der Waals surface area contributed by atoms with E-state index in [4.69, 9.17) is 4.74 Å². The van der Waals surface area contributed by atoms with Gasteiger partial charge in [-0.3, -0.25) is 9.69 Å². The molecule has 1 aliphatic heterocycles. The van der Waals surface area contributed by atoms with Crippen molar-refractivity contribution < 1.29 is 14.6 Å². The third kappa shape index (κ3) is 3.58. The molecular formula is C14H23N3O3. The number of hydrogen-bond acceptors (Lipinski definition) is 4. The molecule has 2 rings (SSSR count). The van der Waals surface area contributed by atoms with E-state index < -0.39 is 11.4 Å². The smallest absolute Gasteiger partial charge is 0.310 e. The van der Waals surface area contributed by atoms with Gasteiger partial charge in [0.25, 0.3) is 0 Å². The molecule has 1 fully saturated rings. The van der Waals surface area contributed by atoms with Gasteiger partial charge in [0.1, 0.15) is 5.82 Å². The lowest BCUT2D eigenvalue weighted by Crippen LogP contribution is -2.47. The van der Waals surface area contributed by atoms with Crippen molar-refractivity contribution in [2.45, 2.75) is 32.2 Å². The number of aliphatic carboxylic acids is 1. The molecule has 20 heavy (non-hydrogen) atoms. The van der Waals surface area contributed by atoms with E-state index in [9.17, 15) is 9.90 Å². The molecule has 0 unspecified atom stereocenters. The fourth-order valence-electron chi connectivity index (χ4n) is 3.00. The second kappa shape index (κ2) is 6.85. The van der Waals surface area contributed by atoms with Crippen LogP contribution in [-0.2, 0) is 16.1 Å². The molecule has 0 aliphatic carbocycles. The van der Waals surface area contributed by atoms with Crippen molar-refractivity contribution in [1.29, 1.82) is 0 Å². The molecule has 112 valence electrons. The Morgan fingerprint density at radius 3 is 3.15 bits per heavy atom. The number of carboxylic acids is 1. The van der Waals surface area contributed by atoms with Crippen LogP contribution >= 0.6 is 0 Å². The summed E-state index contributed by atoms with van der Waals surface area (Å²) in [4.78, 5) is 21.2. The summed E-state index contributed by atoms with van der Waals surface area (Å²) in [5, 5.41) is 9.64. The Balaban J connectivity index is 1.98. The van der Waals surface area contributed by atoms with Gasteiger partial charge in [-0.25, -0.2) is 4.98 Å². The van der Waals surface area contributed by atoms with Crippen LogP contribution in [0.1, 0.15) is 31.5 Å². The number of piperidine rings is 1. The zero-order chi connectivity index (χ0) is 14.4. The number of H-pyrrole nitrogens is 1. The van der Waals surface area contributed by atoms with Crippen LogP contribution in [0.3, 0.4) is 0 Å². The third-order valence-corrected chi connectivity index (χ3v) is 4.04. The average molecular weight is 281 g/mol. The number of aromatic nitrogens is 2. The van der Waals surface area contributed by atoms with Crippen molar-refractivity contribution >= 4 is 5.97 Å². The first-order valence-electron chi connectivity index (χ1n) is 7.09. The monoisotopic (exact) mass is 281 g/mol. The van der Waals surface area contributed by atoms with Crippen LogP contribution in [-0.4, -0.2) is 52.7 Å². The molecule has 0 amide bonds. The van der Waals surface area contributed by atoms with Gasteiger partial charge in [-0.15, -0.1) is 0 Å². The van der Waals surface area contributed by atoms with Crippen LogP contribution in [0.4, 0.5) is 0 Å². The van der Waals surface area contributed by atoms with Gasteiger partial charge in [0.2, 0.25) is 0 Å². The van der Waals surface area contributed by atoms with E-state index in [-0.39, 0.29) is 0 Å². The Labute approximate surface area is 119 Å². The lowest BCUT2D eigenvalue weighted by atomic mass is 9.76. The predicted molar refractivity (Wildman–Crippen MR) is 74.3 cm³/mol. The number of carboxylic acid groups (broad SMARTS) is 1. The highest BCUT2D eigenvalue weighted by Crippen LogP contribution is 2.35. The first-order valence-corrected chi connectivity index (χ1v) is 7.09. The summed E-state index contributed by atoms with van der Waals surface area (Å²) >= 11 is 0. The van der Waals surface area contributed by atoms with Gasteiger partial charge in [0, 0.05) is 32.7 Å². The lowest BCUT2D eigenvalue weighted by molar-refractivity contribution is -0.153. The second-order valence-corrected chi connectivity index (χ2v) is 5.53. The summed E-state index contributed by atoms with van der Waals surface area (Å²) in [7, 11) is 1.65. The number of carbonyl (C=O) groups is 1. The molecule has 2 N–H and O–H groups in total. The maximum absolute atomic E-state index is 11.7. The van der Waals surface area contributed by atoms with Crippen molar-refractivity contribution in [3.8, 4) is 0 Å². The van der Waals surface area contributed by atoms with Crippen LogP contribution in [0.2, 0.25) is 0 Å². The molecule has 1 atom stereocenters. The molecule has 2 heterocycles. The van der Waals surface area contributed by atoms with Crippen molar-refractivity contribution in [2.75, 3.05) is 26.8 Å². The fraction of sp³-hybridized carbons (Fsp3) is 0.714. The number of methoxy groups -OCH3 is 1. The molecule has 1 aromatic rings. The molecule has 0 saturated carbocycles. The van der Waals surface area contributed by atoms with E-state index in [2.05, 4.69) is 14.9 Å². The minimum Gasteiger partial charge on any atom is -0.481 e. The summed E-state index contributed by atoms with van der Waals surface area (Å²) < 4.78 is 5.05. The molecule has 0 spiro atoms. The lowest BCUT2D eigenvalue weighted by Gasteiger charge is -2.39. The predicted octanol–water partition coefficient (Wildman–Crippen LogP) is 1.50. The number of imidazole rings is 1. The Morgan fingerprint density at radius 2 is 2.50 bits per heavy atom. The molecule has 1 aliphatic rings. The molecule has 6 heteroatoms. The number of nitrogens with zero attached hydrogens (tertiary/aromatic N) is 2. The summed E-state index contributed by atoms with van der Waals surface area (Å²) in [5.41, 5.74) is -0.636. The summed E-state index contributed by atoms with van der Waals surface area (Å²) in [6.07, 6.45) is 6.65. The Hall–Kier alpha value is -1.40. The first-order chi connectivity index (χ1) is 9.66. The number of ether oxygens (including phenoxy) is 1. The van der Waals surface area contributed by atoms with Gasteiger partial charge >= 0.3 is 5.97 Å². The average Bonchev–Trinajstić information content (AvgIpc) is 2.92. The Kier molecular flexibility index (Phi) is 5.14. The molecule has 0 aromatic carbocycles. The van der Waals surface area contributed by atoms with Crippen molar-refractivity contribution in [1.82, 2.24) is 14.9 Å². The minimum atomic E-state index is -0.683. The SMILES string of the molecule is COCCC[C@]1(C(=O)O)CCCN(Cc2ncc[nH]2)C1. The van der Waals surface area contributed by atoms with E-state index in [1.54, 1.807) is 19.5 Å². The number of hydrogen-bond donors (Lipinski definition) is 2. The summed E-state index contributed by atoms with van der Waals surface area (Å²) in [6.45, 7) is 2.83. The van der Waals surface area contributed by atoms with Crippen LogP contribution < -0.4 is 0 Å². The third-order valence-electron chi connectivity index (χ3n) is 4.04. The highest BCUT2D eigenvalue weighted by Gasteiger charge is 2.41. The zero-order valence-electron chi connectivity index (χ0n) is 12.0. The van der Waals surface area contributed by atoms with Gasteiger partial charge < -0.3 is 14.8 Å². The van der Waals surface area contributed by atoms with Gasteiger partial charge in [-0.2, -0.15) is 0 Å². The maximum Gasteiger partial charge on any atom is 0.310 e. The van der Waals surface area contributed by atoms with Crippen LogP contribution in [0.15, 0.2) is 12.4 Å². The molecule has 0 radical (unpaired) electrons. The van der Waals surface area contributed by atoms with Crippen molar-refractivity contribution in [2.24, 2.45) is 5.41 Å². The molecule has 0 bridgehead atoms. The Bertz CT molecular complexity index is 421. The van der Waals surface area contributed by atoms with E-state index in [0.29, 0.717) is 26.1 Å². The quantitative estimate of drug-likeness (QED) is 0.741. The maximum atomic E-state index is 11.7. The first kappa shape index (κ1) is 15.0. The van der Waals surface area contributed by atoms with E-state index in [1.165, 1.54) is 0 Å². The van der Waals surface area contributed by atoms with Gasteiger partial charge in [-0.1, -0.05) is 0 Å². The number of aromatic amines is 1. The van der Waals surface area contributed by atoms with Gasteiger partial charge in [-0.05, 0) is 32.2 Å². The highest BCUT2D eigenvalue weighted by molar-refractivity contribution is 5.75. The van der Waals surface area contributed by atoms with E-state index in [1.807, 2.05) is 0 Å². The van der Waals surface area contributed by atoms with Crippen LogP contribution in [0.5, 0.6) is 0 Å². The minimum absolute atomic E-state index is 0.590. The number of nitrogens with one attached hydrogen (secondary N) is 1. The van der Waals surface area contributed by atoms with E-state index in [0.717, 1.165) is 31.6 Å². The van der Waals surface area contributed by atoms with Gasteiger partial charge in [0.05, 0.1) is 12.0 Å². The van der Waals surface area contributed by atoms with Gasteiger partial charge in [0.15, 0.2) is 0 Å². The Morgan fingerprint density at radius 1 is 1.65 bits per heavy atom. The molecule has 1 aromatic heterocycles. The van der Waals surface area contributed by atoms with Crippen molar-refractivity contribution in [3.63, 3.8) is 0 Å². The van der Waals surface area contributed by atoms with E-state index >= 15 is 0 Å². The second-order valence-electron chi connectivity index (χ2n) is 5.53. The number of likely N-dealkylation sites (tertiary alicyclic amines) is 1.